The summed E-state index contributed by atoms with van der Waals surface area (Å²) in [5, 5.41) is 2.91. The number of rotatable bonds is 6. The summed E-state index contributed by atoms with van der Waals surface area (Å²) < 4.78 is 0. The zero-order valence-electron chi connectivity index (χ0n) is 15.0. The number of anilines is 1. The molecule has 1 aromatic rings. The highest BCUT2D eigenvalue weighted by molar-refractivity contribution is 5.94. The molecule has 24 heavy (non-hydrogen) atoms. The van der Waals surface area contributed by atoms with Crippen LogP contribution < -0.4 is 5.32 Å². The molecule has 0 heterocycles. The minimum atomic E-state index is -0.144. The summed E-state index contributed by atoms with van der Waals surface area (Å²) in [6, 6.07) is 5.92. The van der Waals surface area contributed by atoms with Crippen molar-refractivity contribution in [3.8, 4) is 0 Å². The summed E-state index contributed by atoms with van der Waals surface area (Å²) in [4.78, 5) is 25.8. The molecule has 0 bridgehead atoms. The van der Waals surface area contributed by atoms with Gasteiger partial charge in [0.25, 0.3) is 0 Å². The number of carbonyl (C=O) groups is 2. The molecule has 4 nitrogen and oxygen atoms in total. The maximum atomic E-state index is 12.3. The van der Waals surface area contributed by atoms with E-state index < -0.39 is 0 Å². The second-order valence-corrected chi connectivity index (χ2v) is 6.67. The average Bonchev–Trinajstić information content (AvgIpc) is 2.55. The number of nitrogens with zero attached hydrogens (tertiary/aromatic N) is 1. The van der Waals surface area contributed by atoms with Gasteiger partial charge in [-0.1, -0.05) is 29.3 Å². The molecule has 1 aromatic carbocycles. The Kier molecular flexibility index (Phi) is 6.59. The van der Waals surface area contributed by atoms with Gasteiger partial charge in [-0.2, -0.15) is 0 Å². The monoisotopic (exact) mass is 328 g/mol. The molecule has 0 radical (unpaired) electrons. The third-order valence-electron chi connectivity index (χ3n) is 4.52. The summed E-state index contributed by atoms with van der Waals surface area (Å²) >= 11 is 0. The molecule has 2 amide bonds. The van der Waals surface area contributed by atoms with E-state index >= 15 is 0 Å². The first-order valence-electron chi connectivity index (χ1n) is 8.76. The Labute approximate surface area is 144 Å². The molecular weight excluding hydrogens is 300 g/mol. The predicted octanol–water partition coefficient (Wildman–Crippen LogP) is 3.98. The van der Waals surface area contributed by atoms with Gasteiger partial charge < -0.3 is 10.2 Å². The number of aryl methyl sites for hydroxylation is 2. The van der Waals surface area contributed by atoms with Crippen LogP contribution in [0.4, 0.5) is 5.69 Å². The van der Waals surface area contributed by atoms with Crippen LogP contribution >= 0.6 is 0 Å². The topological polar surface area (TPSA) is 49.4 Å². The van der Waals surface area contributed by atoms with Gasteiger partial charge in [0.2, 0.25) is 11.8 Å². The Bertz CT molecular complexity index is 635. The summed E-state index contributed by atoms with van der Waals surface area (Å²) in [7, 11) is 0. The van der Waals surface area contributed by atoms with E-state index in [4.69, 9.17) is 0 Å². The molecule has 0 atom stereocenters. The Morgan fingerprint density at radius 3 is 2.62 bits per heavy atom. The van der Waals surface area contributed by atoms with Crippen molar-refractivity contribution >= 4 is 17.5 Å². The molecule has 1 N–H and O–H groups in total. The fraction of sp³-hybridized carbons (Fsp3) is 0.500. The van der Waals surface area contributed by atoms with E-state index in [0.717, 1.165) is 36.1 Å². The Morgan fingerprint density at radius 2 is 2.00 bits per heavy atom. The van der Waals surface area contributed by atoms with Crippen molar-refractivity contribution in [1.29, 1.82) is 0 Å². The van der Waals surface area contributed by atoms with Crippen LogP contribution in [0.25, 0.3) is 0 Å². The Morgan fingerprint density at radius 1 is 1.21 bits per heavy atom. The molecule has 0 fully saturated rings. The minimum Gasteiger partial charge on any atom is -0.333 e. The SMILES string of the molecule is CC(=O)N(CCC1=CCCCC1)CC(=O)Nc1ccc(C)cc1C. The van der Waals surface area contributed by atoms with Gasteiger partial charge in [0, 0.05) is 19.2 Å². The third kappa shape index (κ3) is 5.52. The standard InChI is InChI=1S/C20H28N2O2/c1-15-9-10-19(16(2)13-15)21-20(24)14-22(17(3)23)12-11-18-7-5-4-6-8-18/h7,9-10,13H,4-6,8,11-12,14H2,1-3H3,(H,21,24). The Balaban J connectivity index is 1.90. The van der Waals surface area contributed by atoms with E-state index in [1.165, 1.54) is 25.3 Å². The summed E-state index contributed by atoms with van der Waals surface area (Å²) in [5.74, 6) is -0.197. The van der Waals surface area contributed by atoms with Crippen LogP contribution in [0.3, 0.4) is 0 Å². The molecule has 0 saturated carbocycles. The van der Waals surface area contributed by atoms with Crippen LogP contribution in [0, 0.1) is 13.8 Å². The van der Waals surface area contributed by atoms with Gasteiger partial charge in [0.15, 0.2) is 0 Å². The highest BCUT2D eigenvalue weighted by atomic mass is 16.2. The maximum Gasteiger partial charge on any atom is 0.244 e. The fourth-order valence-corrected chi connectivity index (χ4v) is 3.08. The van der Waals surface area contributed by atoms with Crippen LogP contribution in [-0.2, 0) is 9.59 Å². The summed E-state index contributed by atoms with van der Waals surface area (Å²) in [6.07, 6.45) is 7.92. The summed E-state index contributed by atoms with van der Waals surface area (Å²) in [6.45, 7) is 6.24. The van der Waals surface area contributed by atoms with Crippen molar-refractivity contribution in [2.75, 3.05) is 18.4 Å². The number of allylic oxidation sites excluding steroid dienone is 1. The van der Waals surface area contributed by atoms with Crippen molar-refractivity contribution in [2.45, 2.75) is 52.9 Å². The highest BCUT2D eigenvalue weighted by Gasteiger charge is 2.15. The first kappa shape index (κ1) is 18.2. The van der Waals surface area contributed by atoms with E-state index in [-0.39, 0.29) is 18.4 Å². The zero-order chi connectivity index (χ0) is 17.5. The van der Waals surface area contributed by atoms with Crippen molar-refractivity contribution in [3.63, 3.8) is 0 Å². The molecule has 0 aromatic heterocycles. The van der Waals surface area contributed by atoms with E-state index in [9.17, 15) is 9.59 Å². The molecule has 0 aliphatic heterocycles. The van der Waals surface area contributed by atoms with Gasteiger partial charge in [0.05, 0.1) is 6.54 Å². The molecule has 4 heteroatoms. The quantitative estimate of drug-likeness (QED) is 0.803. The lowest BCUT2D eigenvalue weighted by molar-refractivity contribution is -0.132. The molecule has 0 unspecified atom stereocenters. The number of carbonyl (C=O) groups excluding carboxylic acids is 2. The lowest BCUT2D eigenvalue weighted by Gasteiger charge is -2.22. The molecule has 0 saturated heterocycles. The highest BCUT2D eigenvalue weighted by Crippen LogP contribution is 2.20. The van der Waals surface area contributed by atoms with Crippen LogP contribution in [0.5, 0.6) is 0 Å². The van der Waals surface area contributed by atoms with E-state index in [1.807, 2.05) is 32.0 Å². The maximum absolute atomic E-state index is 12.3. The van der Waals surface area contributed by atoms with Gasteiger partial charge in [0.1, 0.15) is 0 Å². The number of hydrogen-bond donors (Lipinski definition) is 1. The van der Waals surface area contributed by atoms with Gasteiger partial charge in [-0.05, 0) is 57.6 Å². The van der Waals surface area contributed by atoms with Crippen molar-refractivity contribution in [1.82, 2.24) is 4.90 Å². The normalized spacial score (nSPS) is 14.0. The lowest BCUT2D eigenvalue weighted by atomic mass is 9.97. The summed E-state index contributed by atoms with van der Waals surface area (Å²) in [5.41, 5.74) is 4.42. The molecule has 1 aliphatic carbocycles. The fourth-order valence-electron chi connectivity index (χ4n) is 3.08. The van der Waals surface area contributed by atoms with Crippen LogP contribution in [0.1, 0.15) is 50.2 Å². The van der Waals surface area contributed by atoms with Gasteiger partial charge >= 0.3 is 0 Å². The molecule has 0 spiro atoms. The second-order valence-electron chi connectivity index (χ2n) is 6.67. The van der Waals surface area contributed by atoms with Gasteiger partial charge in [-0.25, -0.2) is 0 Å². The minimum absolute atomic E-state index is 0.0535. The van der Waals surface area contributed by atoms with Crippen LogP contribution in [-0.4, -0.2) is 29.8 Å². The van der Waals surface area contributed by atoms with Gasteiger partial charge in [-0.3, -0.25) is 9.59 Å². The molecular formula is C20H28N2O2. The Hall–Kier alpha value is -2.10. The largest absolute Gasteiger partial charge is 0.333 e. The van der Waals surface area contributed by atoms with Gasteiger partial charge in [-0.15, -0.1) is 0 Å². The first-order valence-corrected chi connectivity index (χ1v) is 8.76. The number of amides is 2. The molecule has 2 rings (SSSR count). The van der Waals surface area contributed by atoms with E-state index in [1.54, 1.807) is 4.90 Å². The third-order valence-corrected chi connectivity index (χ3v) is 4.52. The number of benzene rings is 1. The molecule has 1 aliphatic rings. The number of nitrogens with one attached hydrogen (secondary N) is 1. The van der Waals surface area contributed by atoms with Crippen LogP contribution in [0.2, 0.25) is 0 Å². The van der Waals surface area contributed by atoms with Crippen molar-refractivity contribution < 1.29 is 9.59 Å². The lowest BCUT2D eigenvalue weighted by Crippen LogP contribution is -2.37. The zero-order valence-corrected chi connectivity index (χ0v) is 15.0. The van der Waals surface area contributed by atoms with E-state index in [0.29, 0.717) is 6.54 Å². The first-order chi connectivity index (χ1) is 11.5. The number of hydrogen-bond acceptors (Lipinski definition) is 2. The smallest absolute Gasteiger partial charge is 0.244 e. The molecule has 130 valence electrons. The average molecular weight is 328 g/mol. The second kappa shape index (κ2) is 8.67. The van der Waals surface area contributed by atoms with Crippen molar-refractivity contribution in [2.24, 2.45) is 0 Å². The van der Waals surface area contributed by atoms with Crippen molar-refractivity contribution in [3.05, 3.63) is 41.0 Å². The van der Waals surface area contributed by atoms with Crippen LogP contribution in [0.15, 0.2) is 29.8 Å². The predicted molar refractivity (Wildman–Crippen MR) is 98.0 cm³/mol. The van der Waals surface area contributed by atoms with E-state index in [2.05, 4.69) is 11.4 Å².